The summed E-state index contributed by atoms with van der Waals surface area (Å²) in [5.74, 6) is -3.08. The van der Waals surface area contributed by atoms with Gasteiger partial charge in [-0.15, -0.1) is 0 Å². The van der Waals surface area contributed by atoms with Crippen molar-refractivity contribution >= 4 is 42.1 Å². The van der Waals surface area contributed by atoms with Crippen molar-refractivity contribution in [1.29, 1.82) is 0 Å². The van der Waals surface area contributed by atoms with Gasteiger partial charge in [0.25, 0.3) is 0 Å². The molecular formula is C72H106N4O13. The maximum Gasteiger partial charge on any atom is 0.410 e. The number of benzene rings is 3. The lowest BCUT2D eigenvalue weighted by atomic mass is 9.85. The molecule has 6 rings (SSSR count). The van der Waals surface area contributed by atoms with Crippen molar-refractivity contribution in [3.8, 4) is 0 Å². The van der Waals surface area contributed by atoms with Gasteiger partial charge in [-0.3, -0.25) is 19.2 Å². The van der Waals surface area contributed by atoms with Crippen molar-refractivity contribution in [3.05, 3.63) is 106 Å². The molecule has 0 bridgehead atoms. The normalized spacial score (nSPS) is 18.6. The zero-order valence-corrected chi connectivity index (χ0v) is 57.0. The van der Waals surface area contributed by atoms with Crippen LogP contribution in [0, 0.1) is 35.5 Å². The zero-order valence-electron chi connectivity index (χ0n) is 57.0. The van der Waals surface area contributed by atoms with E-state index in [1.54, 1.807) is 14.7 Å². The monoisotopic (exact) mass is 1230 g/mol. The molecule has 3 aromatic rings. The molecule has 3 aliphatic rings. The molecule has 3 heterocycles. The molecule has 0 N–H and O–H groups in total. The number of ether oxygens (including phenoxy) is 6. The number of carbonyl (C=O) groups excluding carboxylic acids is 7. The van der Waals surface area contributed by atoms with Crippen LogP contribution in [0.15, 0.2) is 72.8 Å². The summed E-state index contributed by atoms with van der Waals surface area (Å²) in [6.45, 7) is 36.5. The predicted octanol–water partition coefficient (Wildman–Crippen LogP) is 12.8. The molecule has 492 valence electrons. The lowest BCUT2D eigenvalue weighted by Gasteiger charge is -2.28. The number of hydrogen-bond acceptors (Lipinski definition) is 13. The van der Waals surface area contributed by atoms with Gasteiger partial charge in [0.15, 0.2) is 0 Å². The topological polar surface area (TPSA) is 188 Å². The van der Waals surface area contributed by atoms with Crippen LogP contribution < -0.4 is 0 Å². The quantitative estimate of drug-likeness (QED) is 0.0768. The van der Waals surface area contributed by atoms with Crippen LogP contribution in [0.4, 0.5) is 14.4 Å². The third kappa shape index (κ3) is 23.9. The second kappa shape index (κ2) is 29.5. The first kappa shape index (κ1) is 71.4. The van der Waals surface area contributed by atoms with E-state index in [2.05, 4.69) is 12.1 Å². The summed E-state index contributed by atoms with van der Waals surface area (Å²) in [4.78, 5) is 104. The van der Waals surface area contributed by atoms with Crippen molar-refractivity contribution in [2.24, 2.45) is 35.5 Å². The Morgan fingerprint density at radius 1 is 0.393 bits per heavy atom. The molecule has 0 spiro atoms. The van der Waals surface area contributed by atoms with Crippen molar-refractivity contribution < 1.29 is 62.0 Å². The lowest BCUT2D eigenvalue weighted by molar-refractivity contribution is -0.163. The van der Waals surface area contributed by atoms with E-state index in [0.29, 0.717) is 104 Å². The van der Waals surface area contributed by atoms with E-state index in [1.165, 1.54) is 0 Å². The highest BCUT2D eigenvalue weighted by molar-refractivity contribution is 5.79. The first-order chi connectivity index (χ1) is 41.1. The molecule has 0 unspecified atom stereocenters. The highest BCUT2D eigenvalue weighted by Crippen LogP contribution is 2.35. The third-order valence-corrected chi connectivity index (χ3v) is 15.9. The van der Waals surface area contributed by atoms with Crippen LogP contribution in [0.25, 0.3) is 0 Å². The van der Waals surface area contributed by atoms with Crippen LogP contribution in [0.2, 0.25) is 0 Å². The number of hydrogen-bond donors (Lipinski definition) is 0. The van der Waals surface area contributed by atoms with Gasteiger partial charge in [-0.25, -0.2) is 14.4 Å². The van der Waals surface area contributed by atoms with Crippen molar-refractivity contribution in [2.75, 3.05) is 52.4 Å². The Balaban J connectivity index is 1.25. The van der Waals surface area contributed by atoms with Crippen molar-refractivity contribution in [3.63, 3.8) is 0 Å². The maximum absolute atomic E-state index is 15.0. The first-order valence-corrected chi connectivity index (χ1v) is 32.3. The number of amides is 4. The summed E-state index contributed by atoms with van der Waals surface area (Å²) >= 11 is 0. The van der Waals surface area contributed by atoms with Gasteiger partial charge >= 0.3 is 36.2 Å². The molecule has 4 amide bonds. The lowest BCUT2D eigenvalue weighted by Crippen LogP contribution is -2.38. The fourth-order valence-corrected chi connectivity index (χ4v) is 11.9. The van der Waals surface area contributed by atoms with Gasteiger partial charge in [-0.2, -0.15) is 0 Å². The number of nitrogens with zero attached hydrogens (tertiary/aromatic N) is 4. The highest BCUT2D eigenvalue weighted by atomic mass is 16.6. The molecule has 17 heteroatoms. The van der Waals surface area contributed by atoms with E-state index in [-0.39, 0.29) is 48.0 Å². The Morgan fingerprint density at radius 3 is 0.933 bits per heavy atom. The Morgan fingerprint density at radius 2 is 0.652 bits per heavy atom. The van der Waals surface area contributed by atoms with E-state index < -0.39 is 69.6 Å². The van der Waals surface area contributed by atoms with Gasteiger partial charge in [0, 0.05) is 52.4 Å². The molecule has 6 atom stereocenters. The van der Waals surface area contributed by atoms with Crippen LogP contribution in [0.5, 0.6) is 0 Å². The number of esters is 3. The molecule has 0 aliphatic carbocycles. The SMILES string of the molecule is CC(C)(C)OC(=O)[C@@H](Cc1cccc(CCN(CCc2cccc(C[C@H](C(=O)OC(C)(C)C)[C@H]3CCN(C(=O)OC(C)(C)C)C3)c2)C(=O)Cc2cccc(C[C@H](C(=O)OC(C)(C)C)[C@H]3CCN(C(=O)OC(C)(C)C)C3)c2)c1)[C@H]1CCN(C(=O)OC(C)(C)C)C1. The van der Waals surface area contributed by atoms with Crippen molar-refractivity contribution in [1.82, 2.24) is 19.6 Å². The van der Waals surface area contributed by atoms with E-state index in [4.69, 9.17) is 28.4 Å². The molecular weight excluding hydrogens is 1130 g/mol. The summed E-state index contributed by atoms with van der Waals surface area (Å²) in [6, 6.07) is 24.1. The van der Waals surface area contributed by atoms with E-state index in [1.807, 2.05) is 190 Å². The molecule has 3 saturated heterocycles. The van der Waals surface area contributed by atoms with Gasteiger partial charge in [-0.1, -0.05) is 72.8 Å². The number of rotatable bonds is 20. The molecule has 0 aromatic heterocycles. The first-order valence-electron chi connectivity index (χ1n) is 32.3. The smallest absolute Gasteiger partial charge is 0.410 e. The number of likely N-dealkylation sites (tertiary alicyclic amines) is 3. The average molecular weight is 1240 g/mol. The molecule has 3 aliphatic heterocycles. The Hall–Kier alpha value is -6.65. The van der Waals surface area contributed by atoms with Gasteiger partial charge < -0.3 is 48.0 Å². The second-order valence-corrected chi connectivity index (χ2v) is 31.0. The van der Waals surface area contributed by atoms with E-state index in [9.17, 15) is 33.6 Å². The van der Waals surface area contributed by atoms with Gasteiger partial charge in [0.1, 0.15) is 33.6 Å². The Bertz CT molecular complexity index is 2800. The van der Waals surface area contributed by atoms with Crippen LogP contribution in [-0.2, 0) is 86.1 Å². The maximum atomic E-state index is 15.0. The third-order valence-electron chi connectivity index (χ3n) is 15.9. The van der Waals surface area contributed by atoms with Crippen LogP contribution in [-0.4, -0.2) is 148 Å². The molecule has 89 heavy (non-hydrogen) atoms. The van der Waals surface area contributed by atoms with Crippen LogP contribution in [0.3, 0.4) is 0 Å². The minimum atomic E-state index is -0.727. The highest BCUT2D eigenvalue weighted by Gasteiger charge is 2.43. The fraction of sp³-hybridized carbons (Fsp3) is 0.653. The van der Waals surface area contributed by atoms with Gasteiger partial charge in [0.05, 0.1) is 24.2 Å². The molecule has 3 fully saturated rings. The Labute approximate surface area is 531 Å². The minimum Gasteiger partial charge on any atom is -0.460 e. The predicted molar refractivity (Wildman–Crippen MR) is 344 cm³/mol. The Kier molecular flexibility index (Phi) is 23.7. The van der Waals surface area contributed by atoms with Crippen molar-refractivity contribution in [2.45, 2.75) is 216 Å². The van der Waals surface area contributed by atoms with E-state index in [0.717, 1.165) is 33.4 Å². The molecule has 0 radical (unpaired) electrons. The molecule has 0 saturated carbocycles. The summed E-state index contributed by atoms with van der Waals surface area (Å²) in [5, 5.41) is 0. The summed E-state index contributed by atoms with van der Waals surface area (Å²) in [6.07, 6.45) is 2.97. The van der Waals surface area contributed by atoms with Gasteiger partial charge in [-0.05, 0) is 227 Å². The van der Waals surface area contributed by atoms with Crippen LogP contribution >= 0.6 is 0 Å². The second-order valence-electron chi connectivity index (χ2n) is 31.0. The van der Waals surface area contributed by atoms with E-state index >= 15 is 0 Å². The van der Waals surface area contributed by atoms with Crippen LogP contribution in [0.1, 0.15) is 177 Å². The number of carbonyl (C=O) groups is 7. The zero-order chi connectivity index (χ0) is 66.0. The standard InChI is InChI=1S/C72H106N4O13/c1-67(2,3)84-61(78)57(54-30-35-74(45-54)64(81)87-70(10,11)12)41-50-24-19-22-48(38-50)28-33-73(34-29-49-23-20-25-51(39-49)42-58(62(79)85-68(4,5)6)55-31-36-75(46-55)65(82)88-71(13,14)15)60(77)44-53-27-21-26-52(40-53)43-59(63(80)86-69(7,8)9)56-32-37-76(47-56)66(83)89-72(16,17)18/h19-27,38-40,54-59H,28-37,41-47H2,1-18H3/t54-,55-,56-,57-,58-,59-/m0/s1. The average Bonchev–Trinajstić information content (AvgIpc) is 2.12. The summed E-state index contributed by atoms with van der Waals surface area (Å²) in [5.41, 5.74) is 1.41. The summed E-state index contributed by atoms with van der Waals surface area (Å²) < 4.78 is 35.1. The summed E-state index contributed by atoms with van der Waals surface area (Å²) in [7, 11) is 0. The largest absolute Gasteiger partial charge is 0.460 e. The molecule has 3 aromatic carbocycles. The fourth-order valence-electron chi connectivity index (χ4n) is 11.9. The van der Waals surface area contributed by atoms with Gasteiger partial charge in [0.2, 0.25) is 5.91 Å². The minimum absolute atomic E-state index is 0.0801. The molecule has 17 nitrogen and oxygen atoms in total.